The predicted molar refractivity (Wildman–Crippen MR) is 75.4 cm³/mol. The van der Waals surface area contributed by atoms with Gasteiger partial charge in [0.25, 0.3) is 0 Å². The summed E-state index contributed by atoms with van der Waals surface area (Å²) in [5.74, 6) is -0.853. The molecule has 0 radical (unpaired) electrons. The summed E-state index contributed by atoms with van der Waals surface area (Å²) in [5.41, 5.74) is 0.383. The van der Waals surface area contributed by atoms with Crippen molar-refractivity contribution in [1.82, 2.24) is 10.2 Å². The summed E-state index contributed by atoms with van der Waals surface area (Å²) in [4.78, 5) is 14.1. The van der Waals surface area contributed by atoms with Crippen molar-refractivity contribution in [2.75, 3.05) is 20.1 Å². The third kappa shape index (κ3) is 4.76. The number of nitrogens with one attached hydrogen (secondary N) is 1. The Bertz CT molecular complexity index is 379. The number of thiophene rings is 1. The maximum absolute atomic E-state index is 10.7. The van der Waals surface area contributed by atoms with E-state index < -0.39 is 5.97 Å². The molecule has 0 aromatic carbocycles. The second kappa shape index (κ2) is 7.51. The first-order valence-corrected chi connectivity index (χ1v) is 7.14. The van der Waals surface area contributed by atoms with Crippen molar-refractivity contribution in [2.24, 2.45) is 0 Å². The number of aromatic carboxylic acids is 1. The molecule has 1 unspecified atom stereocenters. The van der Waals surface area contributed by atoms with Gasteiger partial charge in [-0.1, -0.05) is 6.92 Å². The van der Waals surface area contributed by atoms with Gasteiger partial charge in [0.1, 0.15) is 0 Å². The van der Waals surface area contributed by atoms with Gasteiger partial charge in [0.2, 0.25) is 0 Å². The Hall–Kier alpha value is -0.910. The molecule has 1 aromatic heterocycles. The quantitative estimate of drug-likeness (QED) is 0.712. The fraction of sp³-hybridized carbons (Fsp3) is 0.615. The number of hydrogen-bond donors (Lipinski definition) is 2. The zero-order chi connectivity index (χ0) is 13.5. The molecular weight excluding hydrogens is 248 g/mol. The smallest absolute Gasteiger partial charge is 0.336 e. The van der Waals surface area contributed by atoms with Crippen molar-refractivity contribution in [3.63, 3.8) is 0 Å². The Kier molecular flexibility index (Phi) is 6.32. The van der Waals surface area contributed by atoms with Crippen LogP contribution in [0.25, 0.3) is 0 Å². The van der Waals surface area contributed by atoms with E-state index in [1.807, 2.05) is 0 Å². The van der Waals surface area contributed by atoms with E-state index in [4.69, 9.17) is 5.11 Å². The van der Waals surface area contributed by atoms with Crippen LogP contribution in [-0.4, -0.2) is 42.2 Å². The van der Waals surface area contributed by atoms with Gasteiger partial charge in [0.05, 0.1) is 5.56 Å². The molecule has 1 aromatic rings. The van der Waals surface area contributed by atoms with Gasteiger partial charge in [-0.05, 0) is 26.5 Å². The van der Waals surface area contributed by atoms with Crippen molar-refractivity contribution in [1.29, 1.82) is 0 Å². The van der Waals surface area contributed by atoms with Crippen LogP contribution in [0.2, 0.25) is 0 Å². The summed E-state index contributed by atoms with van der Waals surface area (Å²) in [7, 11) is 2.13. The third-order valence-corrected chi connectivity index (χ3v) is 4.12. The van der Waals surface area contributed by atoms with E-state index in [0.29, 0.717) is 11.6 Å². The first-order valence-electron chi connectivity index (χ1n) is 6.26. The number of nitrogens with zero attached hydrogens (tertiary/aromatic N) is 1. The standard InChI is InChI=1S/C13H22N2O2S/c1-4-10(2)15(3)6-5-14-8-12-7-11(9-18-12)13(16)17/h7,9-10,14H,4-6,8H2,1-3H3,(H,16,17). The summed E-state index contributed by atoms with van der Waals surface area (Å²) in [6, 6.07) is 2.34. The lowest BCUT2D eigenvalue weighted by molar-refractivity contribution is 0.0697. The largest absolute Gasteiger partial charge is 0.478 e. The zero-order valence-electron chi connectivity index (χ0n) is 11.3. The minimum absolute atomic E-state index is 0.383. The lowest BCUT2D eigenvalue weighted by atomic mass is 10.2. The van der Waals surface area contributed by atoms with Gasteiger partial charge < -0.3 is 15.3 Å². The van der Waals surface area contributed by atoms with Gasteiger partial charge in [-0.3, -0.25) is 0 Å². The zero-order valence-corrected chi connectivity index (χ0v) is 12.1. The van der Waals surface area contributed by atoms with Crippen LogP contribution in [0, 0.1) is 0 Å². The van der Waals surface area contributed by atoms with Crippen molar-refractivity contribution in [3.05, 3.63) is 21.9 Å². The molecule has 5 heteroatoms. The highest BCUT2D eigenvalue weighted by atomic mass is 32.1. The number of carbonyl (C=O) groups is 1. The lowest BCUT2D eigenvalue weighted by Gasteiger charge is -2.23. The van der Waals surface area contributed by atoms with Crippen LogP contribution in [0.1, 0.15) is 35.5 Å². The molecule has 0 aliphatic rings. The summed E-state index contributed by atoms with van der Waals surface area (Å²) >= 11 is 1.49. The average Bonchev–Trinajstić information content (AvgIpc) is 2.82. The summed E-state index contributed by atoms with van der Waals surface area (Å²) in [6.45, 7) is 7.08. The average molecular weight is 270 g/mol. The number of hydrogen-bond acceptors (Lipinski definition) is 4. The van der Waals surface area contributed by atoms with Crippen LogP contribution in [0.15, 0.2) is 11.4 Å². The highest BCUT2D eigenvalue weighted by Gasteiger charge is 2.07. The van der Waals surface area contributed by atoms with E-state index >= 15 is 0 Å². The highest BCUT2D eigenvalue weighted by Crippen LogP contribution is 2.14. The van der Waals surface area contributed by atoms with E-state index in [9.17, 15) is 4.79 Å². The molecule has 18 heavy (non-hydrogen) atoms. The second-order valence-corrected chi connectivity index (χ2v) is 5.52. The van der Waals surface area contributed by atoms with Gasteiger partial charge in [0.15, 0.2) is 0 Å². The molecule has 0 saturated carbocycles. The Morgan fingerprint density at radius 1 is 1.61 bits per heavy atom. The maximum atomic E-state index is 10.7. The third-order valence-electron chi connectivity index (χ3n) is 3.18. The number of carboxylic acids is 1. The van der Waals surface area contributed by atoms with E-state index in [2.05, 4.69) is 31.1 Å². The fourth-order valence-electron chi connectivity index (χ4n) is 1.58. The van der Waals surface area contributed by atoms with Gasteiger partial charge in [0, 0.05) is 35.9 Å². The molecule has 0 aliphatic heterocycles. The van der Waals surface area contributed by atoms with Crippen molar-refractivity contribution in [2.45, 2.75) is 32.9 Å². The number of carboxylic acid groups (broad SMARTS) is 1. The first-order chi connectivity index (χ1) is 8.54. The molecule has 0 spiro atoms. The summed E-state index contributed by atoms with van der Waals surface area (Å²) in [6.07, 6.45) is 1.16. The highest BCUT2D eigenvalue weighted by molar-refractivity contribution is 7.10. The maximum Gasteiger partial charge on any atom is 0.336 e. The van der Waals surface area contributed by atoms with Crippen molar-refractivity contribution in [3.8, 4) is 0 Å². The minimum Gasteiger partial charge on any atom is -0.478 e. The van der Waals surface area contributed by atoms with Crippen LogP contribution in [0.4, 0.5) is 0 Å². The molecule has 1 heterocycles. The van der Waals surface area contributed by atoms with Gasteiger partial charge >= 0.3 is 5.97 Å². The molecule has 0 aliphatic carbocycles. The minimum atomic E-state index is -0.853. The van der Waals surface area contributed by atoms with E-state index in [-0.39, 0.29) is 0 Å². The van der Waals surface area contributed by atoms with Crippen LogP contribution in [0.3, 0.4) is 0 Å². The molecule has 1 rings (SSSR count). The molecule has 0 amide bonds. The number of likely N-dealkylation sites (N-methyl/N-ethyl adjacent to an activating group) is 1. The van der Waals surface area contributed by atoms with E-state index in [0.717, 1.165) is 30.9 Å². The predicted octanol–water partition coefficient (Wildman–Crippen LogP) is 2.27. The Morgan fingerprint density at radius 3 is 2.89 bits per heavy atom. The Labute approximate surface area is 113 Å². The van der Waals surface area contributed by atoms with Crippen molar-refractivity contribution >= 4 is 17.3 Å². The molecule has 2 N–H and O–H groups in total. The molecule has 0 fully saturated rings. The molecule has 102 valence electrons. The van der Waals surface area contributed by atoms with Crippen LogP contribution in [0.5, 0.6) is 0 Å². The van der Waals surface area contributed by atoms with Gasteiger partial charge in [-0.2, -0.15) is 0 Å². The Morgan fingerprint density at radius 2 is 2.33 bits per heavy atom. The molecular formula is C13H22N2O2S. The molecule has 1 atom stereocenters. The molecule has 0 saturated heterocycles. The van der Waals surface area contributed by atoms with Crippen LogP contribution >= 0.6 is 11.3 Å². The van der Waals surface area contributed by atoms with Gasteiger partial charge in [-0.25, -0.2) is 4.79 Å². The van der Waals surface area contributed by atoms with E-state index in [1.54, 1.807) is 11.4 Å². The van der Waals surface area contributed by atoms with Gasteiger partial charge in [-0.15, -0.1) is 11.3 Å². The monoisotopic (exact) mass is 270 g/mol. The SMILES string of the molecule is CCC(C)N(C)CCNCc1cc(C(=O)O)cs1. The van der Waals surface area contributed by atoms with Crippen molar-refractivity contribution < 1.29 is 9.90 Å². The molecule has 0 bridgehead atoms. The second-order valence-electron chi connectivity index (χ2n) is 4.52. The Balaban J connectivity index is 2.23. The summed E-state index contributed by atoms with van der Waals surface area (Å²) < 4.78 is 0. The summed E-state index contributed by atoms with van der Waals surface area (Å²) in [5, 5.41) is 13.8. The lowest BCUT2D eigenvalue weighted by Crippen LogP contribution is -2.34. The fourth-order valence-corrected chi connectivity index (χ4v) is 2.41. The topological polar surface area (TPSA) is 52.6 Å². The number of rotatable bonds is 8. The van der Waals surface area contributed by atoms with Crippen LogP contribution in [-0.2, 0) is 6.54 Å². The first kappa shape index (κ1) is 15.1. The normalized spacial score (nSPS) is 12.9. The van der Waals surface area contributed by atoms with Crippen LogP contribution < -0.4 is 5.32 Å². The van der Waals surface area contributed by atoms with E-state index in [1.165, 1.54) is 11.3 Å². The molecule has 4 nitrogen and oxygen atoms in total.